The van der Waals surface area contributed by atoms with Crippen LogP contribution in [0.4, 0.5) is 13.2 Å². The van der Waals surface area contributed by atoms with Crippen LogP contribution in [0.2, 0.25) is 0 Å². The van der Waals surface area contributed by atoms with E-state index in [9.17, 15) is 22.8 Å². The van der Waals surface area contributed by atoms with E-state index in [1.807, 2.05) is 18.2 Å². The van der Waals surface area contributed by atoms with Gasteiger partial charge in [0.2, 0.25) is 0 Å². The fraction of sp³-hybridized carbons (Fsp3) is 0.364. The summed E-state index contributed by atoms with van der Waals surface area (Å²) in [6.45, 7) is 2.41. The maximum absolute atomic E-state index is 12.8. The molecule has 1 atom stereocenters. The van der Waals surface area contributed by atoms with E-state index in [4.69, 9.17) is 0 Å². The average molecular weight is 404 g/mol. The molecule has 0 radical (unpaired) electrons. The molecule has 4 nitrogen and oxygen atoms in total. The minimum Gasteiger partial charge on any atom is -0.345 e. The van der Waals surface area contributed by atoms with Crippen LogP contribution in [0.15, 0.2) is 54.6 Å². The normalized spacial score (nSPS) is 17.3. The predicted octanol–water partition coefficient (Wildman–Crippen LogP) is 3.92. The minimum atomic E-state index is -4.51. The number of halogens is 3. The van der Waals surface area contributed by atoms with Gasteiger partial charge in [0.15, 0.2) is 5.78 Å². The van der Waals surface area contributed by atoms with Gasteiger partial charge in [0, 0.05) is 25.1 Å². The van der Waals surface area contributed by atoms with Gasteiger partial charge >= 0.3 is 6.18 Å². The summed E-state index contributed by atoms with van der Waals surface area (Å²) in [6.07, 6.45) is -3.24. The van der Waals surface area contributed by atoms with E-state index < -0.39 is 17.6 Å². The molecular formula is C22H23F3N2O2. The molecule has 1 N–H and O–H groups in total. The molecule has 2 aromatic rings. The summed E-state index contributed by atoms with van der Waals surface area (Å²) in [5, 5.41) is 2.43. The topological polar surface area (TPSA) is 49.4 Å². The molecule has 29 heavy (non-hydrogen) atoms. The predicted molar refractivity (Wildman–Crippen MR) is 103 cm³/mol. The van der Waals surface area contributed by atoms with Gasteiger partial charge in [-0.2, -0.15) is 13.2 Å². The van der Waals surface area contributed by atoms with Crippen LogP contribution in [0, 0.1) is 5.92 Å². The number of hydrogen-bond acceptors (Lipinski definition) is 3. The van der Waals surface area contributed by atoms with E-state index in [-0.39, 0.29) is 23.8 Å². The molecule has 1 aliphatic heterocycles. The number of alkyl halides is 3. The third kappa shape index (κ3) is 6.15. The highest BCUT2D eigenvalue weighted by molar-refractivity contribution is 5.96. The largest absolute Gasteiger partial charge is 0.416 e. The monoisotopic (exact) mass is 404 g/mol. The average Bonchev–Trinajstić information content (AvgIpc) is 3.13. The van der Waals surface area contributed by atoms with Crippen molar-refractivity contribution in [2.24, 2.45) is 5.92 Å². The maximum atomic E-state index is 12.8. The number of rotatable bonds is 7. The Morgan fingerprint density at radius 1 is 1.07 bits per heavy atom. The summed E-state index contributed by atoms with van der Waals surface area (Å²) < 4.78 is 38.3. The van der Waals surface area contributed by atoms with Crippen molar-refractivity contribution < 1.29 is 22.8 Å². The summed E-state index contributed by atoms with van der Waals surface area (Å²) in [5.41, 5.74) is 0.233. The molecule has 1 aliphatic rings. The van der Waals surface area contributed by atoms with E-state index in [1.165, 1.54) is 17.7 Å². The molecule has 0 aromatic heterocycles. The number of nitrogens with zero attached hydrogens (tertiary/aromatic N) is 1. The van der Waals surface area contributed by atoms with Crippen molar-refractivity contribution in [3.63, 3.8) is 0 Å². The van der Waals surface area contributed by atoms with Gasteiger partial charge in [-0.1, -0.05) is 36.4 Å². The number of likely N-dealkylation sites (tertiary alicyclic amines) is 1. The smallest absolute Gasteiger partial charge is 0.345 e. The highest BCUT2D eigenvalue weighted by Crippen LogP contribution is 2.29. The number of Topliss-reactive ketones (excluding diaryl/α,β-unsaturated/α-hetero) is 1. The van der Waals surface area contributed by atoms with E-state index in [0.717, 1.165) is 38.2 Å². The van der Waals surface area contributed by atoms with Gasteiger partial charge in [0.1, 0.15) is 0 Å². The first-order valence-corrected chi connectivity index (χ1v) is 9.54. The first-order valence-electron chi connectivity index (χ1n) is 9.54. The van der Waals surface area contributed by atoms with Crippen molar-refractivity contribution >= 4 is 11.7 Å². The van der Waals surface area contributed by atoms with E-state index in [1.54, 1.807) is 0 Å². The Labute approximate surface area is 167 Å². The van der Waals surface area contributed by atoms with Crippen LogP contribution in [-0.4, -0.2) is 36.2 Å². The number of hydrogen-bond donors (Lipinski definition) is 1. The molecule has 1 heterocycles. The van der Waals surface area contributed by atoms with Gasteiger partial charge < -0.3 is 5.32 Å². The zero-order valence-corrected chi connectivity index (χ0v) is 15.9. The van der Waals surface area contributed by atoms with E-state index >= 15 is 0 Å². The Morgan fingerprint density at radius 2 is 1.83 bits per heavy atom. The Balaban J connectivity index is 1.44. The Kier molecular flexibility index (Phi) is 6.69. The number of carbonyl (C=O) groups excluding carboxylic acids is 2. The zero-order valence-electron chi connectivity index (χ0n) is 15.9. The summed E-state index contributed by atoms with van der Waals surface area (Å²) in [5.74, 6) is -0.560. The van der Waals surface area contributed by atoms with Crippen LogP contribution >= 0.6 is 0 Å². The van der Waals surface area contributed by atoms with Crippen molar-refractivity contribution in [1.82, 2.24) is 10.2 Å². The highest BCUT2D eigenvalue weighted by Gasteiger charge is 2.31. The molecule has 0 saturated carbocycles. The van der Waals surface area contributed by atoms with Crippen molar-refractivity contribution in [2.75, 3.05) is 19.6 Å². The summed E-state index contributed by atoms with van der Waals surface area (Å²) in [7, 11) is 0. The lowest BCUT2D eigenvalue weighted by atomic mass is 10.0. The van der Waals surface area contributed by atoms with Gasteiger partial charge in [-0.25, -0.2) is 0 Å². The van der Waals surface area contributed by atoms with Gasteiger partial charge in [-0.3, -0.25) is 14.5 Å². The molecule has 1 amide bonds. The Bertz CT molecular complexity index is 853. The van der Waals surface area contributed by atoms with Crippen molar-refractivity contribution in [3.8, 4) is 0 Å². The van der Waals surface area contributed by atoms with Gasteiger partial charge in [-0.15, -0.1) is 0 Å². The molecule has 0 spiro atoms. The molecular weight excluding hydrogens is 381 g/mol. The maximum Gasteiger partial charge on any atom is 0.416 e. The van der Waals surface area contributed by atoms with Crippen LogP contribution < -0.4 is 5.32 Å². The van der Waals surface area contributed by atoms with Crippen LogP contribution in [0.3, 0.4) is 0 Å². The Morgan fingerprint density at radius 3 is 2.55 bits per heavy atom. The summed E-state index contributed by atoms with van der Waals surface area (Å²) in [6, 6.07) is 14.3. The summed E-state index contributed by atoms with van der Waals surface area (Å²) in [4.78, 5) is 26.6. The molecule has 0 bridgehead atoms. The Hall–Kier alpha value is -2.67. The zero-order chi connectivity index (χ0) is 20.9. The van der Waals surface area contributed by atoms with Gasteiger partial charge in [0.05, 0.1) is 12.1 Å². The second-order valence-electron chi connectivity index (χ2n) is 7.38. The molecule has 1 fully saturated rings. The number of ketones is 1. The molecule has 2 aromatic carbocycles. The molecule has 3 rings (SSSR count). The first-order chi connectivity index (χ1) is 13.8. The number of benzene rings is 2. The van der Waals surface area contributed by atoms with Crippen LogP contribution in [0.5, 0.6) is 0 Å². The van der Waals surface area contributed by atoms with Gasteiger partial charge in [-0.05, 0) is 42.6 Å². The summed E-state index contributed by atoms with van der Waals surface area (Å²) >= 11 is 0. The van der Waals surface area contributed by atoms with Gasteiger partial charge in [0.25, 0.3) is 5.91 Å². The molecule has 1 saturated heterocycles. The fourth-order valence-electron chi connectivity index (χ4n) is 3.58. The SMILES string of the molecule is O=C(CNC(=O)c1cccc(C(F)(F)F)c1)CC1CCN(Cc2ccccc2)C1. The lowest BCUT2D eigenvalue weighted by Crippen LogP contribution is -2.31. The van der Waals surface area contributed by atoms with E-state index in [0.29, 0.717) is 6.42 Å². The fourth-order valence-corrected chi connectivity index (χ4v) is 3.58. The third-order valence-corrected chi connectivity index (χ3v) is 5.03. The lowest BCUT2D eigenvalue weighted by Gasteiger charge is -2.16. The van der Waals surface area contributed by atoms with Crippen molar-refractivity contribution in [2.45, 2.75) is 25.6 Å². The minimum absolute atomic E-state index is 0.109. The third-order valence-electron chi connectivity index (χ3n) is 5.03. The second-order valence-corrected chi connectivity index (χ2v) is 7.38. The van der Waals surface area contributed by atoms with Crippen molar-refractivity contribution in [1.29, 1.82) is 0 Å². The van der Waals surface area contributed by atoms with E-state index in [2.05, 4.69) is 22.3 Å². The van der Waals surface area contributed by atoms with Crippen LogP contribution in [0.1, 0.15) is 34.3 Å². The molecule has 1 unspecified atom stereocenters. The number of nitrogens with one attached hydrogen (secondary N) is 1. The number of carbonyl (C=O) groups is 2. The van der Waals surface area contributed by atoms with Crippen LogP contribution in [-0.2, 0) is 17.5 Å². The second kappa shape index (κ2) is 9.22. The number of amides is 1. The standard InChI is InChI=1S/C22H23F3N2O2/c23-22(24,25)19-8-4-7-18(12-19)21(29)26-13-20(28)11-17-9-10-27(15-17)14-16-5-2-1-3-6-16/h1-8,12,17H,9-11,13-15H2,(H,26,29). The lowest BCUT2D eigenvalue weighted by molar-refractivity contribution is -0.137. The quantitative estimate of drug-likeness (QED) is 0.761. The highest BCUT2D eigenvalue weighted by atomic mass is 19.4. The van der Waals surface area contributed by atoms with Crippen molar-refractivity contribution in [3.05, 3.63) is 71.3 Å². The first kappa shape index (κ1) is 21.0. The molecule has 154 valence electrons. The van der Waals surface area contributed by atoms with Crippen LogP contribution in [0.25, 0.3) is 0 Å². The molecule has 0 aliphatic carbocycles. The molecule has 7 heteroatoms.